The molecule has 0 aromatic carbocycles. The topological polar surface area (TPSA) is 289 Å². The van der Waals surface area contributed by atoms with Gasteiger partial charge in [-0.05, 0) is 146 Å². The summed E-state index contributed by atoms with van der Waals surface area (Å²) in [5.74, 6) is -14.4. The molecule has 7 rings (SSSR count). The number of hydrogen-bond acceptors (Lipinski definition) is 14. The first-order valence-electron chi connectivity index (χ1n) is 39.1. The van der Waals surface area contributed by atoms with Crippen LogP contribution in [0.2, 0.25) is 0 Å². The number of nitrogens with one attached hydrogen (secondary N) is 3. The van der Waals surface area contributed by atoms with E-state index in [1.54, 1.807) is 27.7 Å². The van der Waals surface area contributed by atoms with Crippen LogP contribution in [0.5, 0.6) is 0 Å². The Kier molecular flexibility index (Phi) is 32.1. The van der Waals surface area contributed by atoms with Crippen LogP contribution in [0.1, 0.15) is 183 Å². The molecule has 7 aliphatic rings. The fourth-order valence-electron chi connectivity index (χ4n) is 17.0. The standard InChI is InChI=1S/C75H119ClF6N12O14/c1-13-31-93-58(38-48-21-25-50(26-22-48)74(77,78)79)68(102)87(8)42-59(95)83-54(28-24-47-23-27-52(53(76)37-47)75(80,81)82)67(101)94-41-51(108-15-3)39-56(94)66(100)85-73(29-18-30-73)72(106)91(12)64(49-19-16-17-20-49)71(105)90(11)57(69(103)92-32-34-107-35-33-92)40-60(96)89(10)55(36-45(4)5)65(99)84-63(46(6)14-2)70(104)88(9)43-61(97)86(7)44-62(93)98/h45-58,63-64H,13-44H2,1-12H3,(H,83,95)(H,84,99)(H,85,100)/t46-,47?,48?,50?,51+,52?,53?,54-,55-,56-,57-,58-,63-,64-/m0/s1. The van der Waals surface area contributed by atoms with Gasteiger partial charge < -0.3 is 69.5 Å². The number of carbonyl (C=O) groups is 12. The summed E-state index contributed by atoms with van der Waals surface area (Å²) in [5, 5.41) is 7.33. The van der Waals surface area contributed by atoms with E-state index >= 15 is 33.6 Å². The normalized spacial score (nSPS) is 30.6. The molecule has 108 heavy (non-hydrogen) atoms. The van der Waals surface area contributed by atoms with Crippen LogP contribution < -0.4 is 16.0 Å². The number of carbonyl (C=O) groups excluding carboxylic acids is 12. The molecule has 26 nitrogen and oxygen atoms in total. The van der Waals surface area contributed by atoms with E-state index in [-0.39, 0.29) is 148 Å². The van der Waals surface area contributed by atoms with E-state index in [1.165, 1.54) is 71.7 Å². The molecule has 1 spiro atoms. The number of halogens is 7. The van der Waals surface area contributed by atoms with E-state index in [4.69, 9.17) is 21.1 Å². The van der Waals surface area contributed by atoms with Crippen molar-refractivity contribution in [1.82, 2.24) is 60.0 Å². The van der Waals surface area contributed by atoms with E-state index < -0.39 is 204 Å². The van der Waals surface area contributed by atoms with Crippen molar-refractivity contribution in [3.8, 4) is 0 Å². The van der Waals surface area contributed by atoms with Crippen LogP contribution >= 0.6 is 11.6 Å². The Hall–Kier alpha value is -6.57. The quantitative estimate of drug-likeness (QED) is 0.123. The summed E-state index contributed by atoms with van der Waals surface area (Å²) in [5.41, 5.74) is -1.64. The van der Waals surface area contributed by atoms with Crippen LogP contribution in [0.3, 0.4) is 0 Å². The molecule has 3 N–H and O–H groups in total. The number of amides is 12. The second-order valence-corrected chi connectivity index (χ2v) is 32.6. The molecule has 0 radical (unpaired) electrons. The van der Waals surface area contributed by atoms with E-state index in [0.717, 1.165) is 14.7 Å². The van der Waals surface area contributed by atoms with Gasteiger partial charge in [-0.2, -0.15) is 26.3 Å². The Morgan fingerprint density at radius 1 is 0.648 bits per heavy atom. The van der Waals surface area contributed by atoms with Crippen LogP contribution in [0.4, 0.5) is 26.3 Å². The summed E-state index contributed by atoms with van der Waals surface area (Å²) in [6, 6.07) is -9.55. The predicted octanol–water partition coefficient (Wildman–Crippen LogP) is 6.13. The lowest BCUT2D eigenvalue weighted by molar-refractivity contribution is -0.184. The van der Waals surface area contributed by atoms with E-state index in [1.807, 2.05) is 13.8 Å². The highest BCUT2D eigenvalue weighted by atomic mass is 35.5. The molecule has 3 heterocycles. The zero-order valence-electron chi connectivity index (χ0n) is 65.3. The maximum atomic E-state index is 15.7. The number of hydrogen-bond donors (Lipinski definition) is 3. The average molecular weight is 1560 g/mol. The molecular weight excluding hydrogens is 1440 g/mol. The number of rotatable bonds is 15. The zero-order chi connectivity index (χ0) is 80.0. The van der Waals surface area contributed by atoms with Gasteiger partial charge in [-0.15, -0.1) is 11.6 Å². The van der Waals surface area contributed by atoms with Gasteiger partial charge in [0, 0.05) is 86.9 Å². The summed E-state index contributed by atoms with van der Waals surface area (Å²) in [4.78, 5) is 192. The average Bonchev–Trinajstić information content (AvgIpc) is 1.25. The highest BCUT2D eigenvalue weighted by Gasteiger charge is 2.55. The third-order valence-corrected chi connectivity index (χ3v) is 24.4. The third-order valence-electron chi connectivity index (χ3n) is 23.9. The maximum Gasteiger partial charge on any atom is 0.393 e. The second-order valence-electron chi connectivity index (χ2n) is 32.1. The monoisotopic (exact) mass is 1560 g/mol. The van der Waals surface area contributed by atoms with Crippen molar-refractivity contribution in [1.29, 1.82) is 0 Å². The minimum absolute atomic E-state index is 0.0362. The fraction of sp³-hybridized carbons (Fsp3) is 0.840. The predicted molar refractivity (Wildman–Crippen MR) is 387 cm³/mol. The summed E-state index contributed by atoms with van der Waals surface area (Å²) in [7, 11) is 8.16. The van der Waals surface area contributed by atoms with Gasteiger partial charge in [0.1, 0.15) is 47.8 Å². The first-order valence-corrected chi connectivity index (χ1v) is 39.5. The molecule has 612 valence electrons. The molecule has 3 saturated heterocycles. The summed E-state index contributed by atoms with van der Waals surface area (Å²) < 4.78 is 96.2. The Morgan fingerprint density at radius 3 is 1.83 bits per heavy atom. The van der Waals surface area contributed by atoms with Gasteiger partial charge in [0.15, 0.2) is 0 Å². The molecule has 4 aliphatic carbocycles. The second kappa shape index (κ2) is 39.1. The summed E-state index contributed by atoms with van der Waals surface area (Å²) in [6.07, 6.45) is -7.79. The smallest absolute Gasteiger partial charge is 0.378 e. The van der Waals surface area contributed by atoms with Gasteiger partial charge in [-0.3, -0.25) is 57.5 Å². The largest absolute Gasteiger partial charge is 0.393 e. The van der Waals surface area contributed by atoms with Crippen molar-refractivity contribution in [3.05, 3.63) is 0 Å². The van der Waals surface area contributed by atoms with Gasteiger partial charge in [0.05, 0.1) is 57.2 Å². The molecule has 33 heteroatoms. The number of morpholine rings is 1. The minimum atomic E-state index is -4.57. The van der Waals surface area contributed by atoms with Crippen LogP contribution in [0, 0.1) is 41.4 Å². The van der Waals surface area contributed by atoms with Crippen LogP contribution in [0.25, 0.3) is 0 Å². The van der Waals surface area contributed by atoms with Crippen molar-refractivity contribution >= 4 is 82.5 Å². The first-order chi connectivity index (χ1) is 50.8. The van der Waals surface area contributed by atoms with Crippen LogP contribution in [-0.2, 0) is 67.0 Å². The lowest BCUT2D eigenvalue weighted by Crippen LogP contribution is -2.68. The first kappa shape index (κ1) is 88.6. The van der Waals surface area contributed by atoms with Crippen LogP contribution in [0.15, 0.2) is 0 Å². The summed E-state index contributed by atoms with van der Waals surface area (Å²) in [6.45, 7) is 8.97. The fourth-order valence-corrected chi connectivity index (χ4v) is 17.5. The summed E-state index contributed by atoms with van der Waals surface area (Å²) >= 11 is 6.42. The van der Waals surface area contributed by atoms with Crippen LogP contribution in [-0.4, -0.2) is 295 Å². The molecular formula is C75H119ClF6N12O14. The highest BCUT2D eigenvalue weighted by Crippen LogP contribution is 2.45. The van der Waals surface area contributed by atoms with Crippen molar-refractivity contribution in [2.75, 3.05) is 108 Å². The van der Waals surface area contributed by atoms with Gasteiger partial charge in [-0.1, -0.05) is 53.9 Å². The van der Waals surface area contributed by atoms with E-state index in [0.29, 0.717) is 38.5 Å². The maximum absolute atomic E-state index is 15.7. The lowest BCUT2D eigenvalue weighted by Gasteiger charge is -2.47. The number of likely N-dealkylation sites (N-methyl/N-ethyl adjacent to an activating group) is 6. The molecule has 3 aliphatic heterocycles. The minimum Gasteiger partial charge on any atom is -0.378 e. The Labute approximate surface area is 637 Å². The molecule has 3 unspecified atom stereocenters. The Morgan fingerprint density at radius 2 is 1.27 bits per heavy atom. The van der Waals surface area contributed by atoms with Crippen molar-refractivity contribution in [3.63, 3.8) is 0 Å². The van der Waals surface area contributed by atoms with Gasteiger partial charge >= 0.3 is 12.4 Å². The lowest BCUT2D eigenvalue weighted by atomic mass is 9.74. The third kappa shape index (κ3) is 22.4. The van der Waals surface area contributed by atoms with E-state index in [9.17, 15) is 50.3 Å². The molecule has 0 aromatic rings. The van der Waals surface area contributed by atoms with Crippen molar-refractivity contribution < 1.29 is 93.4 Å². The van der Waals surface area contributed by atoms with Gasteiger partial charge in [0.2, 0.25) is 70.9 Å². The number of alkyl halides is 7. The Bertz CT molecular complexity index is 3150. The zero-order valence-corrected chi connectivity index (χ0v) is 66.0. The molecule has 12 atom stereocenters. The highest BCUT2D eigenvalue weighted by molar-refractivity contribution is 6.21. The van der Waals surface area contributed by atoms with Gasteiger partial charge in [-0.25, -0.2) is 0 Å². The molecule has 0 bridgehead atoms. The number of fused-ring (bicyclic) bond motifs is 1. The molecule has 0 aromatic heterocycles. The molecule has 7 fully saturated rings. The number of nitrogens with zero attached hydrogens (tertiary/aromatic N) is 9. The Balaban J connectivity index is 1.31. The SMILES string of the molecule is CCCN1C(=O)CN(C)C(=O)CN(C)C(=O)[C@H]([C@@H](C)CC)NC(=O)[C@H](CC(C)C)N(C)C(=O)C[C@@H](C(=O)N2CCOCC2)N(C)C(=O)[C@H](C2CCCC2)N(C)C(=O)C2(CCC2)NC(=O)[C@@H]2C[C@@H](OCC)CN2C(=O)[C@H](CCC2CCC(C(F)(F)F)C(Cl)C2)NC(=O)CN(C)C(=O)[C@@H]1CC1CCC(C(F)(F)F)CC1. The molecule has 12 amide bonds. The van der Waals surface area contributed by atoms with Crippen molar-refractivity contribution in [2.24, 2.45) is 41.4 Å². The molecule has 4 saturated carbocycles. The van der Waals surface area contributed by atoms with Gasteiger partial charge in [0.25, 0.3) is 0 Å². The number of ether oxygens (including phenoxy) is 2. The van der Waals surface area contributed by atoms with E-state index in [2.05, 4.69) is 16.0 Å². The van der Waals surface area contributed by atoms with Crippen molar-refractivity contribution in [2.45, 2.75) is 254 Å².